The van der Waals surface area contributed by atoms with Gasteiger partial charge in [0.1, 0.15) is 17.4 Å². The Hall–Kier alpha value is -0.620. The molecule has 1 aromatic carbocycles. The summed E-state index contributed by atoms with van der Waals surface area (Å²) in [6, 6.07) is 6.02. The molecule has 0 atom stereocenters. The first-order valence-corrected chi connectivity index (χ1v) is 8.34. The monoisotopic (exact) mass is 374 g/mol. The Morgan fingerprint density at radius 3 is 2.95 bits per heavy atom. The van der Waals surface area contributed by atoms with Crippen molar-refractivity contribution >= 4 is 38.9 Å². The Labute approximate surface area is 136 Å². The number of nitrogens with zero attached hydrogens (tertiary/aromatic N) is 1. The van der Waals surface area contributed by atoms with Crippen molar-refractivity contribution in [1.29, 1.82) is 0 Å². The van der Waals surface area contributed by atoms with Crippen LogP contribution in [-0.4, -0.2) is 11.0 Å². The van der Waals surface area contributed by atoms with Gasteiger partial charge in [0, 0.05) is 22.4 Å². The molecule has 3 nitrogen and oxygen atoms in total. The van der Waals surface area contributed by atoms with Crippen molar-refractivity contribution in [3.8, 4) is 5.75 Å². The van der Waals surface area contributed by atoms with Crippen molar-refractivity contribution in [2.75, 3.05) is 0 Å². The molecule has 1 N–H and O–H groups in total. The first kappa shape index (κ1) is 15.8. The van der Waals surface area contributed by atoms with Crippen molar-refractivity contribution in [3.05, 3.63) is 43.8 Å². The second-order valence-corrected chi connectivity index (χ2v) is 6.90. The minimum absolute atomic E-state index is 0.430. The second kappa shape index (κ2) is 7.41. The van der Waals surface area contributed by atoms with E-state index in [2.05, 4.69) is 40.1 Å². The van der Waals surface area contributed by atoms with E-state index in [-0.39, 0.29) is 0 Å². The zero-order chi connectivity index (χ0) is 14.5. The summed E-state index contributed by atoms with van der Waals surface area (Å²) in [6.07, 6.45) is 0. The molecule has 108 valence electrons. The summed E-state index contributed by atoms with van der Waals surface area (Å²) in [7, 11) is 0. The molecule has 0 aliphatic carbocycles. The van der Waals surface area contributed by atoms with Gasteiger partial charge in [0.25, 0.3) is 0 Å². The highest BCUT2D eigenvalue weighted by Gasteiger charge is 2.06. The number of hydrogen-bond donors (Lipinski definition) is 1. The molecule has 2 rings (SSSR count). The maximum absolute atomic E-state index is 6.10. The Bertz CT molecular complexity index is 574. The molecule has 0 aliphatic rings. The van der Waals surface area contributed by atoms with E-state index in [9.17, 15) is 0 Å². The summed E-state index contributed by atoms with van der Waals surface area (Å²) in [5, 5.41) is 7.03. The summed E-state index contributed by atoms with van der Waals surface area (Å²) in [6.45, 7) is 5.46. The van der Waals surface area contributed by atoms with Crippen molar-refractivity contribution < 1.29 is 4.74 Å². The third kappa shape index (κ3) is 4.74. The fourth-order valence-electron chi connectivity index (χ4n) is 1.53. The highest BCUT2D eigenvalue weighted by molar-refractivity contribution is 9.10. The van der Waals surface area contributed by atoms with Gasteiger partial charge in [-0.1, -0.05) is 41.4 Å². The second-order valence-electron chi connectivity index (χ2n) is 4.63. The number of thiazole rings is 1. The van der Waals surface area contributed by atoms with Crippen LogP contribution in [0.15, 0.2) is 28.1 Å². The van der Waals surface area contributed by atoms with Gasteiger partial charge in [-0.05, 0) is 18.2 Å². The zero-order valence-corrected chi connectivity index (χ0v) is 14.5. The van der Waals surface area contributed by atoms with E-state index in [0.717, 1.165) is 21.7 Å². The van der Waals surface area contributed by atoms with Gasteiger partial charge >= 0.3 is 0 Å². The van der Waals surface area contributed by atoms with Gasteiger partial charge in [-0.15, -0.1) is 11.3 Å². The minimum Gasteiger partial charge on any atom is -0.486 e. The molecule has 0 saturated heterocycles. The van der Waals surface area contributed by atoms with Crippen LogP contribution in [0.3, 0.4) is 0 Å². The molecule has 0 unspecified atom stereocenters. The molecule has 0 bridgehead atoms. The van der Waals surface area contributed by atoms with Crippen LogP contribution in [0.25, 0.3) is 0 Å². The lowest BCUT2D eigenvalue weighted by atomic mass is 10.3. The SMILES string of the molecule is CC(C)NCc1nc(COc2ccc(Br)cc2Cl)cs1. The van der Waals surface area contributed by atoms with Crippen LogP contribution in [0.1, 0.15) is 24.5 Å². The predicted octanol–water partition coefficient (Wildman–Crippen LogP) is 4.64. The highest BCUT2D eigenvalue weighted by Crippen LogP contribution is 2.28. The average molecular weight is 376 g/mol. The minimum atomic E-state index is 0.430. The van der Waals surface area contributed by atoms with Gasteiger partial charge in [0.2, 0.25) is 0 Å². The van der Waals surface area contributed by atoms with E-state index in [4.69, 9.17) is 16.3 Å². The third-order valence-corrected chi connectivity index (χ3v) is 4.22. The van der Waals surface area contributed by atoms with Gasteiger partial charge in [0.05, 0.1) is 10.7 Å². The third-order valence-electron chi connectivity index (χ3n) is 2.53. The maximum atomic E-state index is 6.10. The first-order chi connectivity index (χ1) is 9.54. The number of ether oxygens (including phenoxy) is 1. The smallest absolute Gasteiger partial charge is 0.138 e. The number of benzene rings is 1. The predicted molar refractivity (Wildman–Crippen MR) is 87.6 cm³/mol. The molecule has 0 fully saturated rings. The number of hydrogen-bond acceptors (Lipinski definition) is 4. The van der Waals surface area contributed by atoms with Gasteiger partial charge < -0.3 is 10.1 Å². The van der Waals surface area contributed by atoms with Crippen LogP contribution < -0.4 is 10.1 Å². The van der Waals surface area contributed by atoms with E-state index in [1.807, 2.05) is 23.6 Å². The van der Waals surface area contributed by atoms with Crippen molar-refractivity contribution in [2.45, 2.75) is 33.0 Å². The van der Waals surface area contributed by atoms with Gasteiger partial charge in [-0.25, -0.2) is 4.98 Å². The zero-order valence-electron chi connectivity index (χ0n) is 11.3. The Kier molecular flexibility index (Phi) is 5.84. The average Bonchev–Trinajstić information content (AvgIpc) is 2.83. The molecular weight excluding hydrogens is 360 g/mol. The summed E-state index contributed by atoms with van der Waals surface area (Å²) < 4.78 is 6.62. The molecule has 1 heterocycles. The van der Waals surface area contributed by atoms with Crippen LogP contribution in [0.4, 0.5) is 0 Å². The molecule has 0 amide bonds. The lowest BCUT2D eigenvalue weighted by molar-refractivity contribution is 0.302. The standard InChI is InChI=1S/C14H16BrClN2OS/c1-9(2)17-6-14-18-11(8-20-14)7-19-13-4-3-10(15)5-12(13)16/h3-5,8-9,17H,6-7H2,1-2H3. The topological polar surface area (TPSA) is 34.2 Å². The molecule has 2 aromatic rings. The first-order valence-electron chi connectivity index (χ1n) is 6.29. The van der Waals surface area contributed by atoms with Crippen LogP contribution in [0.5, 0.6) is 5.75 Å². The number of halogens is 2. The van der Waals surface area contributed by atoms with E-state index < -0.39 is 0 Å². The van der Waals surface area contributed by atoms with Gasteiger partial charge in [0.15, 0.2) is 0 Å². The molecule has 6 heteroatoms. The highest BCUT2D eigenvalue weighted by atomic mass is 79.9. The number of nitrogens with one attached hydrogen (secondary N) is 1. The van der Waals surface area contributed by atoms with Crippen LogP contribution >= 0.6 is 38.9 Å². The molecule has 0 aliphatic heterocycles. The van der Waals surface area contributed by atoms with Crippen LogP contribution in [-0.2, 0) is 13.2 Å². The molecule has 1 aromatic heterocycles. The van der Waals surface area contributed by atoms with Crippen molar-refractivity contribution in [2.24, 2.45) is 0 Å². The Morgan fingerprint density at radius 1 is 1.45 bits per heavy atom. The van der Waals surface area contributed by atoms with Crippen molar-refractivity contribution in [3.63, 3.8) is 0 Å². The largest absolute Gasteiger partial charge is 0.486 e. The van der Waals surface area contributed by atoms with E-state index in [1.54, 1.807) is 11.3 Å². The summed E-state index contributed by atoms with van der Waals surface area (Å²) >= 11 is 11.1. The van der Waals surface area contributed by atoms with Gasteiger partial charge in [-0.2, -0.15) is 0 Å². The van der Waals surface area contributed by atoms with Crippen LogP contribution in [0.2, 0.25) is 5.02 Å². The lowest BCUT2D eigenvalue weighted by Crippen LogP contribution is -2.21. The lowest BCUT2D eigenvalue weighted by Gasteiger charge is -2.07. The Balaban J connectivity index is 1.90. The molecule has 0 spiro atoms. The number of rotatable bonds is 6. The quantitative estimate of drug-likeness (QED) is 0.799. The molecular formula is C14H16BrClN2OS. The fourth-order valence-corrected chi connectivity index (χ4v) is 2.99. The number of aromatic nitrogens is 1. The van der Waals surface area contributed by atoms with Crippen molar-refractivity contribution in [1.82, 2.24) is 10.3 Å². The molecule has 0 radical (unpaired) electrons. The summed E-state index contributed by atoms with van der Waals surface area (Å²) in [5.41, 5.74) is 0.926. The van der Waals surface area contributed by atoms with Gasteiger partial charge in [-0.3, -0.25) is 0 Å². The molecule has 20 heavy (non-hydrogen) atoms. The normalized spacial score (nSPS) is 11.1. The fraction of sp³-hybridized carbons (Fsp3) is 0.357. The molecule has 0 saturated carbocycles. The Morgan fingerprint density at radius 2 is 2.25 bits per heavy atom. The maximum Gasteiger partial charge on any atom is 0.138 e. The van der Waals surface area contributed by atoms with E-state index in [0.29, 0.717) is 23.4 Å². The van der Waals surface area contributed by atoms with E-state index >= 15 is 0 Å². The van der Waals surface area contributed by atoms with Crippen LogP contribution in [0, 0.1) is 0 Å². The summed E-state index contributed by atoms with van der Waals surface area (Å²) in [4.78, 5) is 4.52. The summed E-state index contributed by atoms with van der Waals surface area (Å²) in [5.74, 6) is 0.671. The van der Waals surface area contributed by atoms with E-state index in [1.165, 1.54) is 0 Å².